The number of hydrogen-bond donors (Lipinski definition) is 2. The van der Waals surface area contributed by atoms with Crippen LogP contribution in [0.15, 0.2) is 24.3 Å². The van der Waals surface area contributed by atoms with Crippen LogP contribution in [0.4, 0.5) is 0 Å². The molecule has 0 radical (unpaired) electrons. The molecule has 0 saturated carbocycles. The molecule has 1 aromatic rings. The van der Waals surface area contributed by atoms with E-state index in [0.717, 1.165) is 38.8 Å². The van der Waals surface area contributed by atoms with E-state index in [2.05, 4.69) is 41.4 Å². The largest absolute Gasteiger partial charge is 0.351 e. The van der Waals surface area contributed by atoms with Gasteiger partial charge in [0.15, 0.2) is 0 Å². The number of amides is 1. The van der Waals surface area contributed by atoms with Crippen LogP contribution in [0.25, 0.3) is 0 Å². The van der Waals surface area contributed by atoms with E-state index in [0.29, 0.717) is 6.54 Å². The summed E-state index contributed by atoms with van der Waals surface area (Å²) in [7, 11) is 0. The second-order valence-corrected chi connectivity index (χ2v) is 6.25. The van der Waals surface area contributed by atoms with E-state index in [1.807, 2.05) is 6.92 Å². The van der Waals surface area contributed by atoms with E-state index in [-0.39, 0.29) is 18.0 Å². The third-order valence-electron chi connectivity index (χ3n) is 4.62. The Hall–Kier alpha value is -1.39. The molecule has 4 nitrogen and oxygen atoms in total. The SMILES string of the molecule is CCCCC(CN)NC(=O)C(C)N1CCc2ccccc2C1. The van der Waals surface area contributed by atoms with Crippen molar-refractivity contribution in [3.05, 3.63) is 35.4 Å². The summed E-state index contributed by atoms with van der Waals surface area (Å²) in [5.41, 5.74) is 8.53. The van der Waals surface area contributed by atoms with E-state index in [9.17, 15) is 4.79 Å². The van der Waals surface area contributed by atoms with Gasteiger partial charge in [-0.15, -0.1) is 0 Å². The molecule has 1 aliphatic heterocycles. The average molecular weight is 303 g/mol. The molecule has 0 spiro atoms. The van der Waals surface area contributed by atoms with Gasteiger partial charge in [0.1, 0.15) is 0 Å². The minimum atomic E-state index is -0.107. The molecule has 0 fully saturated rings. The van der Waals surface area contributed by atoms with E-state index in [1.165, 1.54) is 11.1 Å². The average Bonchev–Trinajstić information content (AvgIpc) is 2.57. The zero-order chi connectivity index (χ0) is 15.9. The summed E-state index contributed by atoms with van der Waals surface area (Å²) in [6.45, 7) is 6.46. The molecule has 0 bridgehead atoms. The highest BCUT2D eigenvalue weighted by Crippen LogP contribution is 2.20. The Bertz CT molecular complexity index is 489. The molecule has 3 N–H and O–H groups in total. The zero-order valence-electron chi connectivity index (χ0n) is 13.8. The van der Waals surface area contributed by atoms with Gasteiger partial charge in [-0.2, -0.15) is 0 Å². The van der Waals surface area contributed by atoms with Crippen molar-refractivity contribution >= 4 is 5.91 Å². The van der Waals surface area contributed by atoms with Crippen LogP contribution in [-0.4, -0.2) is 36.0 Å². The number of nitrogens with two attached hydrogens (primary N) is 1. The molecule has 122 valence electrons. The fourth-order valence-corrected chi connectivity index (χ4v) is 3.04. The van der Waals surface area contributed by atoms with Crippen LogP contribution in [0.3, 0.4) is 0 Å². The summed E-state index contributed by atoms with van der Waals surface area (Å²) >= 11 is 0. The Morgan fingerprint density at radius 3 is 2.77 bits per heavy atom. The molecule has 4 heteroatoms. The van der Waals surface area contributed by atoms with Crippen LogP contribution < -0.4 is 11.1 Å². The first-order valence-electron chi connectivity index (χ1n) is 8.47. The number of fused-ring (bicyclic) bond motifs is 1. The Labute approximate surface area is 134 Å². The summed E-state index contributed by atoms with van der Waals surface area (Å²) < 4.78 is 0. The Balaban J connectivity index is 1.91. The number of benzene rings is 1. The minimum absolute atomic E-state index is 0.103. The van der Waals surface area contributed by atoms with Crippen LogP contribution in [-0.2, 0) is 17.8 Å². The highest BCUT2D eigenvalue weighted by atomic mass is 16.2. The van der Waals surface area contributed by atoms with Crippen LogP contribution in [0.2, 0.25) is 0 Å². The van der Waals surface area contributed by atoms with Crippen LogP contribution in [0, 0.1) is 0 Å². The fourth-order valence-electron chi connectivity index (χ4n) is 3.04. The molecule has 2 unspecified atom stereocenters. The van der Waals surface area contributed by atoms with Gasteiger partial charge in [0.25, 0.3) is 0 Å². The number of rotatable bonds is 7. The maximum absolute atomic E-state index is 12.5. The molecular formula is C18H29N3O. The lowest BCUT2D eigenvalue weighted by atomic mass is 9.98. The summed E-state index contributed by atoms with van der Waals surface area (Å²) in [5, 5.41) is 3.12. The second-order valence-electron chi connectivity index (χ2n) is 6.25. The van der Waals surface area contributed by atoms with Crippen molar-refractivity contribution in [1.29, 1.82) is 0 Å². The quantitative estimate of drug-likeness (QED) is 0.811. The van der Waals surface area contributed by atoms with Crippen molar-refractivity contribution < 1.29 is 4.79 Å². The Kier molecular flexibility index (Phi) is 6.40. The van der Waals surface area contributed by atoms with Crippen molar-refractivity contribution in [1.82, 2.24) is 10.2 Å². The van der Waals surface area contributed by atoms with E-state index >= 15 is 0 Å². The topological polar surface area (TPSA) is 58.4 Å². The lowest BCUT2D eigenvalue weighted by Crippen LogP contribution is -2.51. The maximum atomic E-state index is 12.5. The van der Waals surface area contributed by atoms with E-state index in [4.69, 9.17) is 5.73 Å². The van der Waals surface area contributed by atoms with Crippen LogP contribution in [0.5, 0.6) is 0 Å². The number of nitrogens with zero attached hydrogens (tertiary/aromatic N) is 1. The van der Waals surface area contributed by atoms with Gasteiger partial charge in [0, 0.05) is 25.7 Å². The summed E-state index contributed by atoms with van der Waals surface area (Å²) in [4.78, 5) is 14.7. The number of unbranched alkanes of at least 4 members (excludes halogenated alkanes) is 1. The zero-order valence-corrected chi connectivity index (χ0v) is 13.8. The van der Waals surface area contributed by atoms with Gasteiger partial charge in [0.2, 0.25) is 5.91 Å². The number of carbonyl (C=O) groups is 1. The normalized spacial score (nSPS) is 17.6. The van der Waals surface area contributed by atoms with E-state index < -0.39 is 0 Å². The fraction of sp³-hybridized carbons (Fsp3) is 0.611. The molecule has 1 aliphatic rings. The van der Waals surface area contributed by atoms with Crippen molar-refractivity contribution in [2.24, 2.45) is 5.73 Å². The Morgan fingerprint density at radius 1 is 1.36 bits per heavy atom. The lowest BCUT2D eigenvalue weighted by Gasteiger charge is -2.33. The summed E-state index contributed by atoms with van der Waals surface area (Å²) in [6, 6.07) is 8.51. The third-order valence-corrected chi connectivity index (χ3v) is 4.62. The summed E-state index contributed by atoms with van der Waals surface area (Å²) in [6.07, 6.45) is 4.22. The molecule has 22 heavy (non-hydrogen) atoms. The molecule has 0 aliphatic carbocycles. The second kappa shape index (κ2) is 8.30. The smallest absolute Gasteiger partial charge is 0.237 e. The predicted molar refractivity (Wildman–Crippen MR) is 90.5 cm³/mol. The Morgan fingerprint density at radius 2 is 2.09 bits per heavy atom. The molecular weight excluding hydrogens is 274 g/mol. The standard InChI is InChI=1S/C18H29N3O/c1-3-4-9-17(12-19)20-18(22)14(2)21-11-10-15-7-5-6-8-16(15)13-21/h5-8,14,17H,3-4,9-13,19H2,1-2H3,(H,20,22). The van der Waals surface area contributed by atoms with Gasteiger partial charge in [-0.05, 0) is 30.9 Å². The lowest BCUT2D eigenvalue weighted by molar-refractivity contribution is -0.127. The minimum Gasteiger partial charge on any atom is -0.351 e. The maximum Gasteiger partial charge on any atom is 0.237 e. The number of nitrogens with one attached hydrogen (secondary N) is 1. The van der Waals surface area contributed by atoms with Crippen molar-refractivity contribution in [2.75, 3.05) is 13.1 Å². The molecule has 1 heterocycles. The van der Waals surface area contributed by atoms with Crippen molar-refractivity contribution in [3.8, 4) is 0 Å². The van der Waals surface area contributed by atoms with Crippen molar-refractivity contribution in [3.63, 3.8) is 0 Å². The van der Waals surface area contributed by atoms with E-state index in [1.54, 1.807) is 0 Å². The van der Waals surface area contributed by atoms with Gasteiger partial charge >= 0.3 is 0 Å². The van der Waals surface area contributed by atoms with Crippen molar-refractivity contribution in [2.45, 2.75) is 58.2 Å². The molecule has 1 amide bonds. The molecule has 1 aromatic carbocycles. The third kappa shape index (κ3) is 4.31. The first kappa shape index (κ1) is 17.0. The van der Waals surface area contributed by atoms with Gasteiger partial charge in [-0.25, -0.2) is 0 Å². The highest BCUT2D eigenvalue weighted by molar-refractivity contribution is 5.81. The molecule has 2 atom stereocenters. The molecule has 0 aromatic heterocycles. The van der Waals surface area contributed by atoms with Gasteiger partial charge in [-0.1, -0.05) is 44.0 Å². The van der Waals surface area contributed by atoms with Gasteiger partial charge in [0.05, 0.1) is 6.04 Å². The molecule has 0 saturated heterocycles. The summed E-state index contributed by atoms with van der Waals surface area (Å²) in [5.74, 6) is 0.103. The number of hydrogen-bond acceptors (Lipinski definition) is 3. The number of carbonyl (C=O) groups excluding carboxylic acids is 1. The predicted octanol–water partition coefficient (Wildman–Crippen LogP) is 2.07. The first-order chi connectivity index (χ1) is 10.7. The van der Waals surface area contributed by atoms with Gasteiger partial charge < -0.3 is 11.1 Å². The first-order valence-corrected chi connectivity index (χ1v) is 8.47. The van der Waals surface area contributed by atoms with Gasteiger partial charge in [-0.3, -0.25) is 9.69 Å². The molecule has 2 rings (SSSR count). The monoisotopic (exact) mass is 303 g/mol. The highest BCUT2D eigenvalue weighted by Gasteiger charge is 2.26. The van der Waals surface area contributed by atoms with Crippen LogP contribution in [0.1, 0.15) is 44.2 Å². The van der Waals surface area contributed by atoms with Crippen LogP contribution >= 0.6 is 0 Å².